The van der Waals surface area contributed by atoms with Gasteiger partial charge in [-0.05, 0) is 33.1 Å². The van der Waals surface area contributed by atoms with Crippen LogP contribution in [0.5, 0.6) is 0 Å². The number of aliphatic imine (C=N–C) groups is 1. The molecule has 104 valence electrons. The number of likely N-dealkylation sites (N-methyl/N-ethyl adjacent to an activating group) is 1. The van der Waals surface area contributed by atoms with Crippen LogP contribution in [0.15, 0.2) is 17.1 Å². The third kappa shape index (κ3) is 3.66. The Balaban J connectivity index is 2.37. The first kappa shape index (κ1) is 15.4. The SMILES string of the molecule is C/C=C/CCCCCC1=NCC[N+]1(CC)C(C)O. The van der Waals surface area contributed by atoms with Crippen LogP contribution >= 0.6 is 0 Å². The Kier molecular flexibility index (Phi) is 6.58. The Bertz CT molecular complexity index is 297. The first-order valence-corrected chi connectivity index (χ1v) is 7.37. The quantitative estimate of drug-likeness (QED) is 0.402. The molecule has 0 bridgehead atoms. The second kappa shape index (κ2) is 7.70. The van der Waals surface area contributed by atoms with Gasteiger partial charge >= 0.3 is 0 Å². The summed E-state index contributed by atoms with van der Waals surface area (Å²) in [5.74, 6) is 1.22. The van der Waals surface area contributed by atoms with Crippen LogP contribution in [0.2, 0.25) is 0 Å². The lowest BCUT2D eigenvalue weighted by Crippen LogP contribution is -2.56. The van der Waals surface area contributed by atoms with Gasteiger partial charge in [0, 0.05) is 13.3 Å². The molecule has 0 saturated carbocycles. The molecule has 1 N–H and O–H groups in total. The van der Waals surface area contributed by atoms with E-state index in [2.05, 4.69) is 31.0 Å². The van der Waals surface area contributed by atoms with Gasteiger partial charge in [-0.1, -0.05) is 18.6 Å². The fourth-order valence-electron chi connectivity index (χ4n) is 2.83. The van der Waals surface area contributed by atoms with Crippen molar-refractivity contribution in [1.29, 1.82) is 0 Å². The minimum Gasteiger partial charge on any atom is -0.345 e. The third-order valence-electron chi connectivity index (χ3n) is 4.09. The summed E-state index contributed by atoms with van der Waals surface area (Å²) >= 11 is 0. The topological polar surface area (TPSA) is 32.6 Å². The molecule has 2 unspecified atom stereocenters. The molecule has 0 aliphatic carbocycles. The summed E-state index contributed by atoms with van der Waals surface area (Å²) < 4.78 is 0.703. The van der Waals surface area contributed by atoms with Gasteiger partial charge in [-0.15, -0.1) is 0 Å². The molecular weight excluding hydrogens is 224 g/mol. The van der Waals surface area contributed by atoms with Crippen LogP contribution in [-0.2, 0) is 0 Å². The minimum atomic E-state index is -0.320. The molecule has 1 aliphatic rings. The van der Waals surface area contributed by atoms with Crippen LogP contribution in [0.25, 0.3) is 0 Å². The molecule has 3 heteroatoms. The summed E-state index contributed by atoms with van der Waals surface area (Å²) in [6, 6.07) is 0. The van der Waals surface area contributed by atoms with Crippen molar-refractivity contribution in [3.05, 3.63) is 12.2 Å². The summed E-state index contributed by atoms with van der Waals surface area (Å²) in [5.41, 5.74) is 0. The zero-order valence-electron chi connectivity index (χ0n) is 12.2. The van der Waals surface area contributed by atoms with Crippen LogP contribution in [0.4, 0.5) is 0 Å². The molecule has 1 heterocycles. The first-order valence-electron chi connectivity index (χ1n) is 7.37. The van der Waals surface area contributed by atoms with Gasteiger partial charge in [-0.3, -0.25) is 4.48 Å². The van der Waals surface area contributed by atoms with Crippen LogP contribution in [0.3, 0.4) is 0 Å². The highest BCUT2D eigenvalue weighted by atomic mass is 16.3. The molecule has 1 rings (SSSR count). The number of allylic oxidation sites excluding steroid dienone is 2. The highest BCUT2D eigenvalue weighted by molar-refractivity contribution is 5.76. The number of hydrogen-bond acceptors (Lipinski definition) is 2. The molecule has 0 aromatic heterocycles. The first-order chi connectivity index (χ1) is 8.67. The summed E-state index contributed by atoms with van der Waals surface area (Å²) in [6.07, 6.45) is 9.98. The third-order valence-corrected chi connectivity index (χ3v) is 4.09. The zero-order valence-corrected chi connectivity index (χ0v) is 12.2. The number of hydrogen-bond donors (Lipinski definition) is 1. The summed E-state index contributed by atoms with van der Waals surface area (Å²) in [6.45, 7) is 8.93. The summed E-state index contributed by atoms with van der Waals surface area (Å²) in [5, 5.41) is 10.0. The number of rotatable bonds is 8. The number of amidine groups is 1. The predicted molar refractivity (Wildman–Crippen MR) is 77.6 cm³/mol. The molecule has 0 spiro atoms. The lowest BCUT2D eigenvalue weighted by Gasteiger charge is -2.36. The Hall–Kier alpha value is -0.670. The molecule has 0 aromatic carbocycles. The second-order valence-electron chi connectivity index (χ2n) is 5.17. The van der Waals surface area contributed by atoms with Crippen molar-refractivity contribution in [3.63, 3.8) is 0 Å². The highest BCUT2D eigenvalue weighted by Gasteiger charge is 2.40. The van der Waals surface area contributed by atoms with E-state index < -0.39 is 0 Å². The number of quaternary nitrogens is 1. The fraction of sp³-hybridized carbons (Fsp3) is 0.800. The molecule has 0 saturated heterocycles. The van der Waals surface area contributed by atoms with E-state index in [0.717, 1.165) is 26.1 Å². The molecule has 0 fully saturated rings. The molecule has 2 atom stereocenters. The summed E-state index contributed by atoms with van der Waals surface area (Å²) in [7, 11) is 0. The van der Waals surface area contributed by atoms with Crippen molar-refractivity contribution < 1.29 is 9.59 Å². The van der Waals surface area contributed by atoms with Crippen molar-refractivity contribution in [2.75, 3.05) is 19.6 Å². The average Bonchev–Trinajstić information content (AvgIpc) is 2.77. The van der Waals surface area contributed by atoms with Crippen LogP contribution in [-0.4, -0.2) is 41.3 Å². The number of aliphatic hydroxyl groups excluding tert-OH is 1. The van der Waals surface area contributed by atoms with Gasteiger partial charge in [0.15, 0.2) is 6.23 Å². The number of aliphatic hydroxyl groups is 1. The molecule has 3 nitrogen and oxygen atoms in total. The van der Waals surface area contributed by atoms with E-state index >= 15 is 0 Å². The normalized spacial score (nSPS) is 25.7. The predicted octanol–water partition coefficient (Wildman–Crippen LogP) is 3.10. The van der Waals surface area contributed by atoms with E-state index in [1.165, 1.54) is 31.5 Å². The van der Waals surface area contributed by atoms with Crippen molar-refractivity contribution >= 4 is 5.84 Å². The van der Waals surface area contributed by atoms with Crippen molar-refractivity contribution in [3.8, 4) is 0 Å². The monoisotopic (exact) mass is 253 g/mol. The molecule has 18 heavy (non-hydrogen) atoms. The molecule has 0 amide bonds. The molecule has 0 radical (unpaired) electrons. The summed E-state index contributed by atoms with van der Waals surface area (Å²) in [4.78, 5) is 4.63. The second-order valence-corrected chi connectivity index (χ2v) is 5.17. The van der Waals surface area contributed by atoms with Crippen LogP contribution in [0, 0.1) is 0 Å². The van der Waals surface area contributed by atoms with Crippen molar-refractivity contribution in [2.24, 2.45) is 4.99 Å². The van der Waals surface area contributed by atoms with Crippen LogP contribution in [0.1, 0.15) is 52.9 Å². The average molecular weight is 253 g/mol. The lowest BCUT2D eigenvalue weighted by atomic mass is 10.1. The lowest BCUT2D eigenvalue weighted by molar-refractivity contribution is -0.882. The van der Waals surface area contributed by atoms with Gasteiger partial charge in [0.05, 0.1) is 13.1 Å². The maximum Gasteiger partial charge on any atom is 0.200 e. The fourth-order valence-corrected chi connectivity index (χ4v) is 2.83. The van der Waals surface area contributed by atoms with E-state index in [-0.39, 0.29) is 6.23 Å². The van der Waals surface area contributed by atoms with Gasteiger partial charge in [0.1, 0.15) is 6.54 Å². The molecular formula is C15H29N2O+. The van der Waals surface area contributed by atoms with E-state index in [9.17, 15) is 5.11 Å². The largest absolute Gasteiger partial charge is 0.345 e. The van der Waals surface area contributed by atoms with Gasteiger partial charge in [-0.25, -0.2) is 4.99 Å². The van der Waals surface area contributed by atoms with E-state index in [1.807, 2.05) is 6.92 Å². The van der Waals surface area contributed by atoms with Gasteiger partial charge in [0.2, 0.25) is 5.84 Å². The highest BCUT2D eigenvalue weighted by Crippen LogP contribution is 2.22. The Morgan fingerprint density at radius 1 is 1.39 bits per heavy atom. The van der Waals surface area contributed by atoms with Gasteiger partial charge in [0.25, 0.3) is 0 Å². The van der Waals surface area contributed by atoms with E-state index in [0.29, 0.717) is 4.48 Å². The molecule has 0 aromatic rings. The maximum absolute atomic E-state index is 10.0. The zero-order chi connectivity index (χ0) is 13.4. The number of nitrogens with zero attached hydrogens (tertiary/aromatic N) is 2. The van der Waals surface area contributed by atoms with E-state index in [1.54, 1.807) is 0 Å². The van der Waals surface area contributed by atoms with E-state index in [4.69, 9.17) is 0 Å². The smallest absolute Gasteiger partial charge is 0.200 e. The Morgan fingerprint density at radius 2 is 2.17 bits per heavy atom. The minimum absolute atomic E-state index is 0.320. The van der Waals surface area contributed by atoms with Gasteiger partial charge < -0.3 is 5.11 Å². The van der Waals surface area contributed by atoms with Crippen LogP contribution < -0.4 is 0 Å². The Labute approximate surface area is 112 Å². The molecule has 1 aliphatic heterocycles. The van der Waals surface area contributed by atoms with Gasteiger partial charge in [-0.2, -0.15) is 0 Å². The van der Waals surface area contributed by atoms with Crippen molar-refractivity contribution in [2.45, 2.75) is 59.1 Å². The maximum atomic E-state index is 10.0. The number of unbranched alkanes of at least 4 members (excludes halogenated alkanes) is 3. The Morgan fingerprint density at radius 3 is 2.78 bits per heavy atom. The van der Waals surface area contributed by atoms with Crippen molar-refractivity contribution in [1.82, 2.24) is 0 Å². The standard InChI is InChI=1S/C15H29N2O/c1-4-6-7-8-9-10-11-15-16-12-13-17(15,5-2)14(3)18/h4,6,14,18H,5,7-13H2,1-3H3/q+1/b6-4+.